The minimum Gasteiger partial charge on any atom is -0.466 e. The van der Waals surface area contributed by atoms with Gasteiger partial charge in [-0.1, -0.05) is 0 Å². The van der Waals surface area contributed by atoms with Crippen molar-refractivity contribution in [1.82, 2.24) is 0 Å². The Bertz CT molecular complexity index is 895. The van der Waals surface area contributed by atoms with Crippen molar-refractivity contribution in [2.24, 2.45) is 0 Å². The fourth-order valence-electron chi connectivity index (χ4n) is 3.72. The third kappa shape index (κ3) is 2.70. The molecule has 2 bridgehead atoms. The van der Waals surface area contributed by atoms with Crippen LogP contribution in [0.25, 0.3) is 0 Å². The van der Waals surface area contributed by atoms with E-state index < -0.39 is 34.5 Å². The van der Waals surface area contributed by atoms with E-state index in [4.69, 9.17) is 23.7 Å². The van der Waals surface area contributed by atoms with Crippen molar-refractivity contribution in [3.63, 3.8) is 0 Å². The summed E-state index contributed by atoms with van der Waals surface area (Å²) in [4.78, 5) is 49.2. The van der Waals surface area contributed by atoms with Gasteiger partial charge in [0.05, 0.1) is 50.7 Å². The fourth-order valence-corrected chi connectivity index (χ4v) is 4.68. The van der Waals surface area contributed by atoms with E-state index in [1.807, 2.05) is 0 Å². The predicted octanol–water partition coefficient (Wildman–Crippen LogP) is 0.866. The molecule has 0 aromatic carbocycles. The van der Waals surface area contributed by atoms with E-state index in [2.05, 4.69) is 15.9 Å². The van der Waals surface area contributed by atoms with Gasteiger partial charge in [0, 0.05) is 12.8 Å². The average Bonchev–Trinajstić information content (AvgIpc) is 3.18. The molecule has 0 aromatic rings. The van der Waals surface area contributed by atoms with Crippen molar-refractivity contribution in [3.8, 4) is 0 Å². The molecule has 0 amide bonds. The molecule has 2 atom stereocenters. The molecule has 2 aliphatic heterocycles. The zero-order chi connectivity index (χ0) is 20.8. The van der Waals surface area contributed by atoms with Crippen LogP contribution in [0.3, 0.4) is 0 Å². The highest BCUT2D eigenvalue weighted by molar-refractivity contribution is 9.10. The van der Waals surface area contributed by atoms with Crippen LogP contribution < -0.4 is 0 Å². The summed E-state index contributed by atoms with van der Waals surface area (Å²) in [7, 11) is 4.76. The van der Waals surface area contributed by atoms with E-state index in [0.717, 1.165) is 0 Å². The molecule has 0 saturated carbocycles. The summed E-state index contributed by atoms with van der Waals surface area (Å²) in [6.07, 6.45) is -0.947. The van der Waals surface area contributed by atoms with Crippen LogP contribution in [0, 0.1) is 0 Å². The van der Waals surface area contributed by atoms with Crippen LogP contribution in [0.2, 0.25) is 0 Å². The van der Waals surface area contributed by atoms with E-state index in [-0.39, 0.29) is 35.1 Å². The average molecular weight is 457 g/mol. The largest absolute Gasteiger partial charge is 0.466 e. The van der Waals surface area contributed by atoms with Crippen LogP contribution in [0.4, 0.5) is 0 Å². The minimum absolute atomic E-state index is 0.000592. The maximum absolute atomic E-state index is 12.4. The number of hydrogen-bond donors (Lipinski definition) is 0. The number of carbonyl (C=O) groups excluding carboxylic acids is 4. The molecule has 2 heterocycles. The number of esters is 4. The number of alkyl halides is 1. The van der Waals surface area contributed by atoms with Crippen molar-refractivity contribution in [1.29, 1.82) is 0 Å². The molecule has 0 fully saturated rings. The molecule has 0 spiro atoms. The Kier molecular flexibility index (Phi) is 5.20. The van der Waals surface area contributed by atoms with Gasteiger partial charge in [-0.05, 0) is 27.1 Å². The Morgan fingerprint density at radius 3 is 1.86 bits per heavy atom. The first-order chi connectivity index (χ1) is 13.2. The van der Waals surface area contributed by atoms with Gasteiger partial charge in [0.1, 0.15) is 6.10 Å². The summed E-state index contributed by atoms with van der Waals surface area (Å²) >= 11 is 3.41. The van der Waals surface area contributed by atoms with Gasteiger partial charge in [-0.2, -0.15) is 0 Å². The number of carbonyl (C=O) groups is 4. The lowest BCUT2D eigenvalue weighted by Crippen LogP contribution is -2.34. The Morgan fingerprint density at radius 1 is 0.857 bits per heavy atom. The Labute approximate surface area is 168 Å². The van der Waals surface area contributed by atoms with Crippen LogP contribution >= 0.6 is 15.9 Å². The highest BCUT2D eigenvalue weighted by Crippen LogP contribution is 2.59. The van der Waals surface area contributed by atoms with Crippen LogP contribution in [0.1, 0.15) is 12.8 Å². The normalized spacial score (nSPS) is 25.5. The summed E-state index contributed by atoms with van der Waals surface area (Å²) in [5, 5.41) is 0. The third-order valence-electron chi connectivity index (χ3n) is 4.97. The first kappa shape index (κ1) is 20.3. The van der Waals surface area contributed by atoms with Gasteiger partial charge in [0.15, 0.2) is 4.51 Å². The molecular weight excluding hydrogens is 440 g/mol. The minimum atomic E-state index is -1.47. The third-order valence-corrected chi connectivity index (χ3v) is 6.03. The van der Waals surface area contributed by atoms with Gasteiger partial charge in [0.2, 0.25) is 0 Å². The van der Waals surface area contributed by atoms with Crippen molar-refractivity contribution in [2.45, 2.75) is 23.5 Å². The first-order valence-corrected chi connectivity index (χ1v) is 8.93. The van der Waals surface area contributed by atoms with E-state index in [1.165, 1.54) is 28.4 Å². The Hall–Kier alpha value is -2.46. The second kappa shape index (κ2) is 7.17. The highest BCUT2D eigenvalue weighted by Gasteiger charge is 2.61. The SMILES string of the molecule is COC(=O)C1=C(C(=O)OC)CC2=C(C1)C1OC2(Br)C(C(=O)OC)=C1C(=O)OC. The van der Waals surface area contributed by atoms with E-state index in [1.54, 1.807) is 0 Å². The monoisotopic (exact) mass is 456 g/mol. The fraction of sp³-hybridized carbons (Fsp3) is 0.444. The molecule has 9 nitrogen and oxygen atoms in total. The van der Waals surface area contributed by atoms with Gasteiger partial charge in [-0.15, -0.1) is 0 Å². The Morgan fingerprint density at radius 2 is 1.36 bits per heavy atom. The molecule has 3 rings (SSSR count). The zero-order valence-electron chi connectivity index (χ0n) is 15.5. The lowest BCUT2D eigenvalue weighted by Gasteiger charge is -2.30. The molecule has 0 saturated heterocycles. The van der Waals surface area contributed by atoms with Crippen LogP contribution in [0.15, 0.2) is 33.4 Å². The van der Waals surface area contributed by atoms with Gasteiger partial charge in [0.25, 0.3) is 0 Å². The van der Waals surface area contributed by atoms with E-state index in [9.17, 15) is 19.2 Å². The first-order valence-electron chi connectivity index (χ1n) is 8.14. The standard InChI is InChI=1S/C18H17BrO9/c1-24-14(20)7-5-9-10(6-8(7)15(21)25-2)18(19)12(17(23)27-4)11(13(9)28-18)16(22)26-3/h13H,5-6H2,1-4H3. The van der Waals surface area contributed by atoms with Gasteiger partial charge < -0.3 is 23.7 Å². The molecule has 2 unspecified atom stereocenters. The summed E-state index contributed by atoms with van der Waals surface area (Å²) < 4.78 is 23.7. The molecule has 28 heavy (non-hydrogen) atoms. The summed E-state index contributed by atoms with van der Waals surface area (Å²) in [5.74, 6) is -2.90. The van der Waals surface area contributed by atoms with Crippen LogP contribution in [-0.4, -0.2) is 62.9 Å². The highest BCUT2D eigenvalue weighted by atomic mass is 79.9. The molecule has 10 heteroatoms. The maximum Gasteiger partial charge on any atom is 0.338 e. The summed E-state index contributed by atoms with van der Waals surface area (Å²) in [5.41, 5.74) is 1.29. The lowest BCUT2D eigenvalue weighted by molar-refractivity contribution is -0.139. The second-order valence-corrected chi connectivity index (χ2v) is 7.28. The Balaban J connectivity index is 2.13. The molecular formula is C18H17BrO9. The molecule has 1 aliphatic carbocycles. The molecule has 0 radical (unpaired) electrons. The number of hydrogen-bond acceptors (Lipinski definition) is 9. The number of fused-ring (bicyclic) bond motifs is 4. The van der Waals surface area contributed by atoms with Crippen LogP contribution in [0.5, 0.6) is 0 Å². The lowest BCUT2D eigenvalue weighted by atomic mass is 9.76. The van der Waals surface area contributed by atoms with Crippen molar-refractivity contribution in [3.05, 3.63) is 33.4 Å². The number of rotatable bonds is 4. The van der Waals surface area contributed by atoms with Gasteiger partial charge in [-0.3, -0.25) is 0 Å². The van der Waals surface area contributed by atoms with Gasteiger partial charge in [-0.25, -0.2) is 19.2 Å². The second-order valence-electron chi connectivity index (χ2n) is 6.16. The molecule has 0 N–H and O–H groups in total. The quantitative estimate of drug-likeness (QED) is 0.263. The van der Waals surface area contributed by atoms with E-state index in [0.29, 0.717) is 11.1 Å². The van der Waals surface area contributed by atoms with E-state index >= 15 is 0 Å². The zero-order valence-corrected chi connectivity index (χ0v) is 17.1. The number of methoxy groups -OCH3 is 4. The predicted molar refractivity (Wildman–Crippen MR) is 94.9 cm³/mol. The molecule has 150 valence electrons. The molecule has 3 aliphatic rings. The van der Waals surface area contributed by atoms with Crippen molar-refractivity contribution >= 4 is 39.8 Å². The van der Waals surface area contributed by atoms with Gasteiger partial charge >= 0.3 is 23.9 Å². The van der Waals surface area contributed by atoms with Crippen LogP contribution in [-0.2, 0) is 42.9 Å². The van der Waals surface area contributed by atoms with Crippen molar-refractivity contribution < 1.29 is 42.9 Å². The topological polar surface area (TPSA) is 114 Å². The smallest absolute Gasteiger partial charge is 0.338 e. The van der Waals surface area contributed by atoms with Crippen molar-refractivity contribution in [2.75, 3.05) is 28.4 Å². The summed E-state index contributed by atoms with van der Waals surface area (Å²) in [6, 6.07) is 0. The number of ether oxygens (including phenoxy) is 5. The maximum atomic E-state index is 12.4. The molecule has 0 aromatic heterocycles. The number of halogens is 1. The summed E-state index contributed by atoms with van der Waals surface area (Å²) in [6.45, 7) is 0.